The molecule has 0 saturated heterocycles. The summed E-state index contributed by atoms with van der Waals surface area (Å²) in [5.41, 5.74) is 8.30. The second-order valence-electron chi connectivity index (χ2n) is 3.29. The third-order valence-corrected chi connectivity index (χ3v) is 2.09. The van der Waals surface area contributed by atoms with Crippen LogP contribution in [-0.2, 0) is 0 Å². The molecule has 0 saturated carbocycles. The minimum Gasteiger partial charge on any atom is -0.397 e. The van der Waals surface area contributed by atoms with E-state index in [0.717, 1.165) is 17.1 Å². The Hall–Kier alpha value is -2.10. The van der Waals surface area contributed by atoms with Gasteiger partial charge in [-0.25, -0.2) is 4.98 Å². The molecule has 2 aromatic rings. The Morgan fingerprint density at radius 1 is 1.33 bits per heavy atom. The van der Waals surface area contributed by atoms with Gasteiger partial charge in [0.2, 0.25) is 0 Å². The van der Waals surface area contributed by atoms with Crippen LogP contribution in [0.2, 0.25) is 0 Å². The van der Waals surface area contributed by atoms with Gasteiger partial charge in [0.15, 0.2) is 0 Å². The first-order valence-corrected chi connectivity index (χ1v) is 4.65. The third kappa shape index (κ3) is 2.22. The van der Waals surface area contributed by atoms with Crippen LogP contribution in [0.4, 0.5) is 17.2 Å². The lowest BCUT2D eigenvalue weighted by Crippen LogP contribution is -1.97. The van der Waals surface area contributed by atoms with E-state index in [2.05, 4.69) is 15.3 Å². The van der Waals surface area contributed by atoms with Crippen LogP contribution in [0, 0.1) is 6.92 Å². The zero-order valence-electron chi connectivity index (χ0n) is 8.44. The van der Waals surface area contributed by atoms with Crippen LogP contribution in [-0.4, -0.2) is 9.97 Å². The van der Waals surface area contributed by atoms with E-state index in [9.17, 15) is 0 Å². The monoisotopic (exact) mass is 200 g/mol. The summed E-state index contributed by atoms with van der Waals surface area (Å²) in [7, 11) is 0. The van der Waals surface area contributed by atoms with Crippen molar-refractivity contribution in [1.29, 1.82) is 0 Å². The zero-order chi connectivity index (χ0) is 10.7. The Bertz CT molecular complexity index is 453. The Morgan fingerprint density at radius 3 is 2.87 bits per heavy atom. The Labute approximate surface area is 88.2 Å². The number of pyridine rings is 2. The minimum absolute atomic E-state index is 0.701. The first-order valence-electron chi connectivity index (χ1n) is 4.65. The maximum Gasteiger partial charge on any atom is 0.130 e. The molecule has 2 aromatic heterocycles. The Kier molecular flexibility index (Phi) is 2.49. The average Bonchev–Trinajstić information content (AvgIpc) is 2.25. The summed E-state index contributed by atoms with van der Waals surface area (Å²) in [6.45, 7) is 1.95. The molecular formula is C11H12N4. The van der Waals surface area contributed by atoms with Gasteiger partial charge >= 0.3 is 0 Å². The molecule has 2 heterocycles. The van der Waals surface area contributed by atoms with Crippen molar-refractivity contribution >= 4 is 17.2 Å². The van der Waals surface area contributed by atoms with Crippen molar-refractivity contribution < 1.29 is 0 Å². The highest BCUT2D eigenvalue weighted by molar-refractivity contribution is 5.58. The van der Waals surface area contributed by atoms with Crippen molar-refractivity contribution in [3.63, 3.8) is 0 Å². The van der Waals surface area contributed by atoms with Gasteiger partial charge in [0.25, 0.3) is 0 Å². The maximum absolute atomic E-state index is 5.68. The summed E-state index contributed by atoms with van der Waals surface area (Å²) in [6.07, 6.45) is 5.12. The van der Waals surface area contributed by atoms with Crippen molar-refractivity contribution in [1.82, 2.24) is 9.97 Å². The number of nitrogens with one attached hydrogen (secondary N) is 1. The summed E-state index contributed by atoms with van der Waals surface area (Å²) < 4.78 is 0. The Morgan fingerprint density at radius 2 is 2.20 bits per heavy atom. The molecule has 2 rings (SSSR count). The van der Waals surface area contributed by atoms with Crippen LogP contribution in [0.3, 0.4) is 0 Å². The van der Waals surface area contributed by atoms with Gasteiger partial charge in [-0.3, -0.25) is 4.98 Å². The van der Waals surface area contributed by atoms with E-state index in [4.69, 9.17) is 5.73 Å². The number of anilines is 3. The molecule has 15 heavy (non-hydrogen) atoms. The number of aromatic nitrogens is 2. The SMILES string of the molecule is Cc1cc(Nc2cccnc2)ncc1N. The number of aryl methyl sites for hydroxylation is 1. The van der Waals surface area contributed by atoms with Crippen molar-refractivity contribution in [2.24, 2.45) is 0 Å². The minimum atomic E-state index is 0.701. The van der Waals surface area contributed by atoms with Crippen LogP contribution in [0.15, 0.2) is 36.8 Å². The van der Waals surface area contributed by atoms with Gasteiger partial charge in [-0.05, 0) is 30.7 Å². The largest absolute Gasteiger partial charge is 0.397 e. The van der Waals surface area contributed by atoms with Crippen LogP contribution in [0.1, 0.15) is 5.56 Å². The van der Waals surface area contributed by atoms with E-state index in [0.29, 0.717) is 5.69 Å². The molecule has 0 atom stereocenters. The van der Waals surface area contributed by atoms with Crippen molar-refractivity contribution in [2.45, 2.75) is 6.92 Å². The number of hydrogen-bond acceptors (Lipinski definition) is 4. The molecule has 0 amide bonds. The fourth-order valence-electron chi connectivity index (χ4n) is 1.22. The van der Waals surface area contributed by atoms with Gasteiger partial charge in [0.05, 0.1) is 23.8 Å². The molecule has 0 spiro atoms. The fourth-order valence-corrected chi connectivity index (χ4v) is 1.22. The van der Waals surface area contributed by atoms with Gasteiger partial charge in [-0.15, -0.1) is 0 Å². The normalized spacial score (nSPS) is 9.93. The molecule has 0 bridgehead atoms. The van der Waals surface area contributed by atoms with E-state index >= 15 is 0 Å². The molecule has 0 aliphatic rings. The van der Waals surface area contributed by atoms with Crippen LogP contribution in [0.25, 0.3) is 0 Å². The first kappa shape index (κ1) is 9.45. The second-order valence-corrected chi connectivity index (χ2v) is 3.29. The molecule has 0 aliphatic heterocycles. The van der Waals surface area contributed by atoms with Gasteiger partial charge in [-0.2, -0.15) is 0 Å². The quantitative estimate of drug-likeness (QED) is 0.779. The highest BCUT2D eigenvalue weighted by Gasteiger charge is 1.98. The van der Waals surface area contributed by atoms with E-state index in [-0.39, 0.29) is 0 Å². The Balaban J connectivity index is 2.22. The molecule has 0 fully saturated rings. The lowest BCUT2D eigenvalue weighted by atomic mass is 10.2. The summed E-state index contributed by atoms with van der Waals surface area (Å²) >= 11 is 0. The summed E-state index contributed by atoms with van der Waals surface area (Å²) in [6, 6.07) is 5.70. The molecule has 0 aliphatic carbocycles. The third-order valence-electron chi connectivity index (χ3n) is 2.09. The van der Waals surface area contributed by atoms with Crippen LogP contribution < -0.4 is 11.1 Å². The smallest absolute Gasteiger partial charge is 0.130 e. The first-order chi connectivity index (χ1) is 7.25. The molecule has 4 heteroatoms. The van der Waals surface area contributed by atoms with Crippen LogP contribution in [0.5, 0.6) is 0 Å². The molecular weight excluding hydrogens is 188 g/mol. The van der Waals surface area contributed by atoms with Gasteiger partial charge in [0.1, 0.15) is 5.82 Å². The summed E-state index contributed by atoms with van der Waals surface area (Å²) in [5.74, 6) is 0.773. The summed E-state index contributed by atoms with van der Waals surface area (Å²) in [4.78, 5) is 8.18. The number of nitrogen functional groups attached to an aromatic ring is 1. The molecule has 0 radical (unpaired) electrons. The lowest BCUT2D eigenvalue weighted by molar-refractivity contribution is 1.26. The summed E-state index contributed by atoms with van der Waals surface area (Å²) in [5, 5.41) is 3.14. The van der Waals surface area contributed by atoms with Crippen molar-refractivity contribution in [3.8, 4) is 0 Å². The van der Waals surface area contributed by atoms with E-state index in [1.54, 1.807) is 18.6 Å². The van der Waals surface area contributed by atoms with Crippen molar-refractivity contribution in [3.05, 3.63) is 42.4 Å². The fraction of sp³-hybridized carbons (Fsp3) is 0.0909. The van der Waals surface area contributed by atoms with E-state index in [1.807, 2.05) is 25.1 Å². The number of nitrogens with zero attached hydrogens (tertiary/aromatic N) is 2. The lowest BCUT2D eigenvalue weighted by Gasteiger charge is -2.06. The van der Waals surface area contributed by atoms with E-state index in [1.165, 1.54) is 0 Å². The molecule has 0 unspecified atom stereocenters. The standard InChI is InChI=1S/C11H12N4/c1-8-5-11(14-7-10(8)12)15-9-3-2-4-13-6-9/h2-7H,12H2,1H3,(H,14,15). The number of nitrogens with two attached hydrogens (primary N) is 1. The number of hydrogen-bond donors (Lipinski definition) is 2. The highest BCUT2D eigenvalue weighted by atomic mass is 15.0. The molecule has 76 valence electrons. The highest BCUT2D eigenvalue weighted by Crippen LogP contribution is 2.16. The van der Waals surface area contributed by atoms with Crippen LogP contribution >= 0.6 is 0 Å². The topological polar surface area (TPSA) is 63.8 Å². The zero-order valence-corrected chi connectivity index (χ0v) is 8.44. The number of rotatable bonds is 2. The predicted molar refractivity (Wildman–Crippen MR) is 60.9 cm³/mol. The molecule has 3 N–H and O–H groups in total. The van der Waals surface area contributed by atoms with E-state index < -0.39 is 0 Å². The average molecular weight is 200 g/mol. The second kappa shape index (κ2) is 3.96. The van der Waals surface area contributed by atoms with Gasteiger partial charge in [0, 0.05) is 6.20 Å². The van der Waals surface area contributed by atoms with Crippen molar-refractivity contribution in [2.75, 3.05) is 11.1 Å². The van der Waals surface area contributed by atoms with Gasteiger partial charge < -0.3 is 11.1 Å². The predicted octanol–water partition coefficient (Wildman–Crippen LogP) is 2.11. The molecule has 0 aromatic carbocycles. The molecule has 4 nitrogen and oxygen atoms in total. The van der Waals surface area contributed by atoms with Gasteiger partial charge in [-0.1, -0.05) is 0 Å². The maximum atomic E-state index is 5.68.